The zero-order chi connectivity index (χ0) is 18.8. The fraction of sp³-hybridized carbons (Fsp3) is 0.250. The van der Waals surface area contributed by atoms with Gasteiger partial charge in [0.25, 0.3) is 11.7 Å². The Morgan fingerprint density at radius 3 is 2.58 bits per heavy atom. The number of carbonyl (C=O) groups is 3. The van der Waals surface area contributed by atoms with Gasteiger partial charge in [-0.15, -0.1) is 0 Å². The summed E-state index contributed by atoms with van der Waals surface area (Å²) in [5.41, 5.74) is 2.16. The molecule has 1 unspecified atom stereocenters. The van der Waals surface area contributed by atoms with E-state index >= 15 is 0 Å². The Kier molecular flexibility index (Phi) is 4.75. The predicted octanol–water partition coefficient (Wildman–Crippen LogP) is 2.95. The molecule has 0 aliphatic carbocycles. The van der Waals surface area contributed by atoms with Crippen LogP contribution in [-0.4, -0.2) is 30.7 Å². The first-order valence-corrected chi connectivity index (χ1v) is 8.41. The van der Waals surface area contributed by atoms with Crippen LogP contribution in [0.5, 0.6) is 5.75 Å². The molecule has 0 radical (unpaired) electrons. The van der Waals surface area contributed by atoms with Crippen molar-refractivity contribution in [3.05, 3.63) is 53.6 Å². The lowest BCUT2D eigenvalue weighted by Crippen LogP contribution is -2.46. The summed E-state index contributed by atoms with van der Waals surface area (Å²) in [6, 6.07) is 11.4. The molecule has 6 nitrogen and oxygen atoms in total. The van der Waals surface area contributed by atoms with Crippen molar-refractivity contribution in [1.82, 2.24) is 0 Å². The van der Waals surface area contributed by atoms with Crippen molar-refractivity contribution in [3.63, 3.8) is 0 Å². The summed E-state index contributed by atoms with van der Waals surface area (Å²) in [5.74, 6) is -1.09. The van der Waals surface area contributed by atoms with Crippen LogP contribution < -0.4 is 15.0 Å². The summed E-state index contributed by atoms with van der Waals surface area (Å²) in [7, 11) is 1.52. The Labute approximate surface area is 151 Å². The minimum Gasteiger partial charge on any atom is -0.495 e. The maximum absolute atomic E-state index is 12.9. The lowest BCUT2D eigenvalue weighted by atomic mass is 10.1. The standard InChI is InChI=1S/C20H20N2O4/c1-4-15(19(24)21-14-10-5-6-11-16(14)26-3)22-17-12(2)8-7-9-13(17)18(23)20(22)25/h5-11,15H,4H2,1-3H3,(H,21,24). The van der Waals surface area contributed by atoms with Gasteiger partial charge in [-0.1, -0.05) is 31.2 Å². The minimum absolute atomic E-state index is 0.346. The van der Waals surface area contributed by atoms with Crippen LogP contribution in [-0.2, 0) is 9.59 Å². The summed E-state index contributed by atoms with van der Waals surface area (Å²) in [6.07, 6.45) is 0.369. The van der Waals surface area contributed by atoms with Crippen molar-refractivity contribution in [3.8, 4) is 5.75 Å². The highest BCUT2D eigenvalue weighted by molar-refractivity contribution is 6.53. The second-order valence-electron chi connectivity index (χ2n) is 6.09. The van der Waals surface area contributed by atoms with Gasteiger partial charge in [-0.2, -0.15) is 0 Å². The smallest absolute Gasteiger partial charge is 0.300 e. The molecule has 1 aliphatic rings. The lowest BCUT2D eigenvalue weighted by Gasteiger charge is -2.27. The number of ether oxygens (including phenoxy) is 1. The Morgan fingerprint density at radius 2 is 1.88 bits per heavy atom. The van der Waals surface area contributed by atoms with Gasteiger partial charge in [0.15, 0.2) is 0 Å². The van der Waals surface area contributed by atoms with Gasteiger partial charge >= 0.3 is 0 Å². The van der Waals surface area contributed by atoms with E-state index in [1.165, 1.54) is 12.0 Å². The second kappa shape index (κ2) is 7.00. The predicted molar refractivity (Wildman–Crippen MR) is 98.7 cm³/mol. The van der Waals surface area contributed by atoms with Crippen LogP contribution in [0.2, 0.25) is 0 Å². The first kappa shape index (κ1) is 17.7. The molecule has 1 N–H and O–H groups in total. The lowest BCUT2D eigenvalue weighted by molar-refractivity contribution is -0.121. The topological polar surface area (TPSA) is 75.7 Å². The van der Waals surface area contributed by atoms with Crippen LogP contribution in [0.25, 0.3) is 0 Å². The molecule has 2 aromatic carbocycles. The van der Waals surface area contributed by atoms with Crippen molar-refractivity contribution in [1.29, 1.82) is 0 Å². The number of amides is 2. The largest absolute Gasteiger partial charge is 0.495 e. The van der Waals surface area contributed by atoms with Crippen LogP contribution in [0.3, 0.4) is 0 Å². The Bertz CT molecular complexity index is 891. The number of ketones is 1. The molecule has 0 aromatic heterocycles. The van der Waals surface area contributed by atoms with Gasteiger partial charge in [0.05, 0.1) is 24.0 Å². The van der Waals surface area contributed by atoms with Crippen LogP contribution in [0.1, 0.15) is 29.3 Å². The number of carbonyl (C=O) groups excluding carboxylic acids is 3. The van der Waals surface area contributed by atoms with E-state index in [0.717, 1.165) is 5.56 Å². The summed E-state index contributed by atoms with van der Waals surface area (Å²) < 4.78 is 5.25. The molecule has 2 amide bonds. The summed E-state index contributed by atoms with van der Waals surface area (Å²) in [4.78, 5) is 39.1. The van der Waals surface area contributed by atoms with Crippen molar-refractivity contribution < 1.29 is 19.1 Å². The van der Waals surface area contributed by atoms with E-state index in [0.29, 0.717) is 29.1 Å². The van der Waals surface area contributed by atoms with Gasteiger partial charge in [-0.3, -0.25) is 19.3 Å². The monoisotopic (exact) mass is 352 g/mol. The molecule has 134 valence electrons. The normalized spacial score (nSPS) is 14.2. The molecule has 6 heteroatoms. The third kappa shape index (κ3) is 2.83. The van der Waals surface area contributed by atoms with E-state index in [9.17, 15) is 14.4 Å². The molecule has 0 saturated heterocycles. The molecule has 2 aromatic rings. The number of para-hydroxylation sites is 3. The first-order chi connectivity index (χ1) is 12.5. The summed E-state index contributed by atoms with van der Waals surface area (Å²) in [5, 5.41) is 2.81. The number of Topliss-reactive ketones (excluding diaryl/α,β-unsaturated/α-hetero) is 1. The van der Waals surface area contributed by atoms with Gasteiger partial charge in [-0.25, -0.2) is 0 Å². The number of rotatable bonds is 5. The highest BCUT2D eigenvalue weighted by Crippen LogP contribution is 2.35. The number of hydrogen-bond acceptors (Lipinski definition) is 4. The number of nitrogens with one attached hydrogen (secondary N) is 1. The number of aryl methyl sites for hydroxylation is 1. The van der Waals surface area contributed by atoms with Crippen molar-refractivity contribution >= 4 is 29.0 Å². The molecule has 3 rings (SSSR count). The van der Waals surface area contributed by atoms with E-state index in [1.54, 1.807) is 43.3 Å². The van der Waals surface area contributed by atoms with E-state index in [-0.39, 0.29) is 5.91 Å². The van der Waals surface area contributed by atoms with Crippen LogP contribution in [0.15, 0.2) is 42.5 Å². The molecular weight excluding hydrogens is 332 g/mol. The van der Waals surface area contributed by atoms with Gasteiger partial charge in [0.2, 0.25) is 5.91 Å². The Balaban J connectivity index is 1.96. The van der Waals surface area contributed by atoms with Crippen molar-refractivity contribution in [2.24, 2.45) is 0 Å². The van der Waals surface area contributed by atoms with Gasteiger partial charge < -0.3 is 10.1 Å². The average Bonchev–Trinajstić information content (AvgIpc) is 2.89. The highest BCUT2D eigenvalue weighted by atomic mass is 16.5. The first-order valence-electron chi connectivity index (χ1n) is 8.41. The second-order valence-corrected chi connectivity index (χ2v) is 6.09. The van der Waals surface area contributed by atoms with E-state index < -0.39 is 17.7 Å². The summed E-state index contributed by atoms with van der Waals surface area (Å²) >= 11 is 0. The molecule has 0 spiro atoms. The maximum atomic E-state index is 12.9. The molecule has 1 aliphatic heterocycles. The van der Waals surface area contributed by atoms with Gasteiger partial charge in [0, 0.05) is 0 Å². The number of fused-ring (bicyclic) bond motifs is 1. The Hall–Kier alpha value is -3.15. The SMILES string of the molecule is CCC(C(=O)Nc1ccccc1OC)N1C(=O)C(=O)c2cccc(C)c21. The third-order valence-corrected chi connectivity index (χ3v) is 4.50. The fourth-order valence-electron chi connectivity index (χ4n) is 3.23. The summed E-state index contributed by atoms with van der Waals surface area (Å²) in [6.45, 7) is 3.63. The Morgan fingerprint density at radius 1 is 1.15 bits per heavy atom. The van der Waals surface area contributed by atoms with E-state index in [1.807, 2.05) is 13.0 Å². The van der Waals surface area contributed by atoms with Crippen LogP contribution >= 0.6 is 0 Å². The zero-order valence-corrected chi connectivity index (χ0v) is 14.9. The molecule has 1 atom stereocenters. The molecule has 1 heterocycles. The number of methoxy groups -OCH3 is 1. The van der Waals surface area contributed by atoms with E-state index in [2.05, 4.69) is 5.32 Å². The van der Waals surface area contributed by atoms with Gasteiger partial charge in [0.1, 0.15) is 11.8 Å². The third-order valence-electron chi connectivity index (χ3n) is 4.50. The average molecular weight is 352 g/mol. The van der Waals surface area contributed by atoms with Crippen molar-refractivity contribution in [2.45, 2.75) is 26.3 Å². The molecule has 0 saturated carbocycles. The van der Waals surface area contributed by atoms with Crippen molar-refractivity contribution in [2.75, 3.05) is 17.3 Å². The molecule has 0 fully saturated rings. The molecular formula is C20H20N2O4. The zero-order valence-electron chi connectivity index (χ0n) is 14.9. The highest BCUT2D eigenvalue weighted by Gasteiger charge is 2.42. The number of anilines is 2. The quantitative estimate of drug-likeness (QED) is 0.840. The van der Waals surface area contributed by atoms with Crippen LogP contribution in [0, 0.1) is 6.92 Å². The molecule has 0 bridgehead atoms. The molecule has 26 heavy (non-hydrogen) atoms. The minimum atomic E-state index is -0.793. The number of benzene rings is 2. The van der Waals surface area contributed by atoms with Gasteiger partial charge in [-0.05, 0) is 37.1 Å². The fourth-order valence-corrected chi connectivity index (χ4v) is 3.23. The maximum Gasteiger partial charge on any atom is 0.300 e. The number of hydrogen-bond donors (Lipinski definition) is 1. The number of nitrogens with zero attached hydrogens (tertiary/aromatic N) is 1. The van der Waals surface area contributed by atoms with Crippen LogP contribution in [0.4, 0.5) is 11.4 Å². The van der Waals surface area contributed by atoms with E-state index in [4.69, 9.17) is 4.74 Å².